The topological polar surface area (TPSA) is 32.5 Å². The van der Waals surface area contributed by atoms with Crippen molar-refractivity contribution in [2.45, 2.75) is 46.1 Å². The third kappa shape index (κ3) is 4.57. The smallest absolute Gasteiger partial charge is 0.0235 e. The Morgan fingerprint density at radius 3 is 2.53 bits per heavy atom. The zero-order valence-electron chi connectivity index (χ0n) is 12.0. The first-order chi connectivity index (χ1) is 8.24. The third-order valence-electron chi connectivity index (χ3n) is 4.34. The van der Waals surface area contributed by atoms with E-state index >= 15 is 0 Å². The van der Waals surface area contributed by atoms with E-state index in [4.69, 9.17) is 5.73 Å². The molecular weight excluding hydrogens is 210 g/mol. The summed E-state index contributed by atoms with van der Waals surface area (Å²) in [6.45, 7) is 13.8. The summed E-state index contributed by atoms with van der Waals surface area (Å²) in [5, 5.41) is 0. The highest BCUT2D eigenvalue weighted by atomic mass is 15.2. The molecule has 1 aliphatic rings. The van der Waals surface area contributed by atoms with Crippen LogP contribution in [0.3, 0.4) is 0 Å². The first kappa shape index (κ1) is 14.9. The Labute approximate surface area is 107 Å². The summed E-state index contributed by atoms with van der Waals surface area (Å²) in [6.07, 6.45) is 3.85. The van der Waals surface area contributed by atoms with Crippen molar-refractivity contribution < 1.29 is 0 Å². The minimum absolute atomic E-state index is 0.725. The molecule has 1 saturated heterocycles. The van der Waals surface area contributed by atoms with Gasteiger partial charge in [0.15, 0.2) is 0 Å². The van der Waals surface area contributed by atoms with Gasteiger partial charge >= 0.3 is 0 Å². The van der Waals surface area contributed by atoms with Crippen molar-refractivity contribution in [2.75, 3.05) is 39.3 Å². The lowest BCUT2D eigenvalue weighted by molar-refractivity contribution is 0.207. The summed E-state index contributed by atoms with van der Waals surface area (Å²) in [5.41, 5.74) is 5.76. The van der Waals surface area contributed by atoms with E-state index in [9.17, 15) is 0 Å². The van der Waals surface area contributed by atoms with Crippen LogP contribution < -0.4 is 5.73 Å². The van der Waals surface area contributed by atoms with Crippen LogP contribution in [0.2, 0.25) is 0 Å². The lowest BCUT2D eigenvalue weighted by Gasteiger charge is -2.26. The number of likely N-dealkylation sites (tertiary alicyclic amines) is 1. The van der Waals surface area contributed by atoms with Crippen molar-refractivity contribution in [1.82, 2.24) is 9.80 Å². The zero-order chi connectivity index (χ0) is 12.7. The van der Waals surface area contributed by atoms with E-state index in [0.717, 1.165) is 18.5 Å². The fraction of sp³-hybridized carbons (Fsp3) is 1.00. The molecule has 0 spiro atoms. The summed E-state index contributed by atoms with van der Waals surface area (Å²) < 4.78 is 0. The maximum Gasteiger partial charge on any atom is 0.0235 e. The highest BCUT2D eigenvalue weighted by Gasteiger charge is 2.25. The van der Waals surface area contributed by atoms with E-state index in [2.05, 4.69) is 30.6 Å². The Bertz CT molecular complexity index is 188. The molecule has 0 saturated carbocycles. The second kappa shape index (κ2) is 8.06. The van der Waals surface area contributed by atoms with Crippen molar-refractivity contribution in [3.63, 3.8) is 0 Å². The number of hydrogen-bond donors (Lipinski definition) is 1. The van der Waals surface area contributed by atoms with E-state index in [-0.39, 0.29) is 0 Å². The molecule has 3 heteroatoms. The van der Waals surface area contributed by atoms with Crippen LogP contribution in [0.15, 0.2) is 0 Å². The fourth-order valence-corrected chi connectivity index (χ4v) is 2.91. The number of hydrogen-bond acceptors (Lipinski definition) is 3. The van der Waals surface area contributed by atoms with Gasteiger partial charge in [0.1, 0.15) is 0 Å². The average Bonchev–Trinajstić information content (AvgIpc) is 2.81. The summed E-state index contributed by atoms with van der Waals surface area (Å²) in [6, 6.07) is 0.794. The van der Waals surface area contributed by atoms with Crippen LogP contribution in [0.4, 0.5) is 0 Å². The van der Waals surface area contributed by atoms with Crippen molar-refractivity contribution in [1.29, 1.82) is 0 Å². The van der Waals surface area contributed by atoms with Crippen molar-refractivity contribution >= 4 is 0 Å². The SMILES string of the molecule is CCC(CN)CCN1CCC(N(CC)CC)C1. The molecule has 1 fully saturated rings. The molecule has 0 aromatic heterocycles. The monoisotopic (exact) mass is 241 g/mol. The van der Waals surface area contributed by atoms with Crippen LogP contribution in [0.5, 0.6) is 0 Å². The molecule has 0 amide bonds. The summed E-state index contributed by atoms with van der Waals surface area (Å²) in [5.74, 6) is 0.725. The molecule has 0 aromatic rings. The molecule has 3 nitrogen and oxygen atoms in total. The van der Waals surface area contributed by atoms with Gasteiger partial charge in [-0.05, 0) is 51.5 Å². The minimum atomic E-state index is 0.725. The van der Waals surface area contributed by atoms with Gasteiger partial charge in [-0.1, -0.05) is 27.2 Å². The van der Waals surface area contributed by atoms with E-state index in [1.807, 2.05) is 0 Å². The van der Waals surface area contributed by atoms with Gasteiger partial charge < -0.3 is 10.6 Å². The van der Waals surface area contributed by atoms with Gasteiger partial charge in [0.25, 0.3) is 0 Å². The van der Waals surface area contributed by atoms with E-state index in [1.165, 1.54) is 52.0 Å². The van der Waals surface area contributed by atoms with E-state index in [1.54, 1.807) is 0 Å². The average molecular weight is 241 g/mol. The van der Waals surface area contributed by atoms with E-state index < -0.39 is 0 Å². The largest absolute Gasteiger partial charge is 0.330 e. The van der Waals surface area contributed by atoms with Gasteiger partial charge in [0, 0.05) is 12.6 Å². The molecule has 2 atom stereocenters. The van der Waals surface area contributed by atoms with Gasteiger partial charge in [0.2, 0.25) is 0 Å². The predicted octanol–water partition coefficient (Wildman–Crippen LogP) is 1.78. The number of rotatable bonds is 8. The van der Waals surface area contributed by atoms with Gasteiger partial charge in [0.05, 0.1) is 0 Å². The van der Waals surface area contributed by atoms with E-state index in [0.29, 0.717) is 0 Å². The maximum absolute atomic E-state index is 5.76. The normalized spacial score (nSPS) is 23.5. The van der Waals surface area contributed by atoms with Crippen LogP contribution in [0.25, 0.3) is 0 Å². The van der Waals surface area contributed by atoms with Crippen molar-refractivity contribution in [3.05, 3.63) is 0 Å². The van der Waals surface area contributed by atoms with Gasteiger partial charge in [-0.15, -0.1) is 0 Å². The Morgan fingerprint density at radius 2 is 2.00 bits per heavy atom. The molecule has 0 bridgehead atoms. The molecule has 17 heavy (non-hydrogen) atoms. The van der Waals surface area contributed by atoms with Crippen LogP contribution >= 0.6 is 0 Å². The number of likely N-dealkylation sites (N-methyl/N-ethyl adjacent to an activating group) is 1. The van der Waals surface area contributed by atoms with Crippen LogP contribution in [0.1, 0.15) is 40.0 Å². The maximum atomic E-state index is 5.76. The van der Waals surface area contributed by atoms with Crippen LogP contribution in [-0.4, -0.2) is 55.1 Å². The molecule has 1 heterocycles. The van der Waals surface area contributed by atoms with Crippen LogP contribution in [0, 0.1) is 5.92 Å². The molecule has 0 aliphatic carbocycles. The zero-order valence-corrected chi connectivity index (χ0v) is 12.0. The molecular formula is C14H31N3. The van der Waals surface area contributed by atoms with Crippen molar-refractivity contribution in [2.24, 2.45) is 11.7 Å². The lowest BCUT2D eigenvalue weighted by Crippen LogP contribution is -2.37. The third-order valence-corrected chi connectivity index (χ3v) is 4.34. The highest BCUT2D eigenvalue weighted by molar-refractivity contribution is 4.82. The summed E-state index contributed by atoms with van der Waals surface area (Å²) in [4.78, 5) is 5.22. The summed E-state index contributed by atoms with van der Waals surface area (Å²) >= 11 is 0. The second-order valence-electron chi connectivity index (χ2n) is 5.26. The molecule has 0 aromatic carbocycles. The van der Waals surface area contributed by atoms with Crippen LogP contribution in [-0.2, 0) is 0 Å². The molecule has 2 N–H and O–H groups in total. The molecule has 1 rings (SSSR count). The Hall–Kier alpha value is -0.120. The van der Waals surface area contributed by atoms with Gasteiger partial charge in [-0.3, -0.25) is 4.90 Å². The number of nitrogens with zero attached hydrogens (tertiary/aromatic N) is 2. The number of nitrogens with two attached hydrogens (primary N) is 1. The molecule has 2 unspecified atom stereocenters. The highest BCUT2D eigenvalue weighted by Crippen LogP contribution is 2.17. The van der Waals surface area contributed by atoms with Gasteiger partial charge in [-0.2, -0.15) is 0 Å². The minimum Gasteiger partial charge on any atom is -0.330 e. The molecule has 1 aliphatic heterocycles. The lowest BCUT2D eigenvalue weighted by atomic mass is 10.0. The first-order valence-electron chi connectivity index (χ1n) is 7.41. The Kier molecular flexibility index (Phi) is 7.09. The summed E-state index contributed by atoms with van der Waals surface area (Å²) in [7, 11) is 0. The molecule has 102 valence electrons. The Morgan fingerprint density at radius 1 is 1.29 bits per heavy atom. The second-order valence-corrected chi connectivity index (χ2v) is 5.26. The first-order valence-corrected chi connectivity index (χ1v) is 7.41. The fourth-order valence-electron chi connectivity index (χ4n) is 2.91. The van der Waals surface area contributed by atoms with Crippen molar-refractivity contribution in [3.8, 4) is 0 Å². The quantitative estimate of drug-likeness (QED) is 0.703. The van der Waals surface area contributed by atoms with Gasteiger partial charge in [-0.25, -0.2) is 0 Å². The Balaban J connectivity index is 2.25. The standard InChI is InChI=1S/C14H31N3/c1-4-13(11-15)7-9-16-10-8-14(12-16)17(5-2)6-3/h13-14H,4-12,15H2,1-3H3. The predicted molar refractivity (Wildman–Crippen MR) is 75.2 cm³/mol. The molecule has 0 radical (unpaired) electrons.